The van der Waals surface area contributed by atoms with Gasteiger partial charge in [0.05, 0.1) is 0 Å². The SMILES string of the molecule is CCc1ccc(C2CC(CC(=O)Cc3ccc(F)cc3)CN(C(=O)N3CCCC3)C2)cc1. The van der Waals surface area contributed by atoms with Crippen LogP contribution in [0.2, 0.25) is 0 Å². The summed E-state index contributed by atoms with van der Waals surface area (Å²) in [6, 6.07) is 15.0. The van der Waals surface area contributed by atoms with E-state index in [2.05, 4.69) is 31.2 Å². The number of rotatable bonds is 6. The molecule has 0 saturated carbocycles. The molecule has 5 heteroatoms. The van der Waals surface area contributed by atoms with Gasteiger partial charge in [-0.15, -0.1) is 0 Å². The molecule has 0 N–H and O–H groups in total. The minimum Gasteiger partial charge on any atom is -0.325 e. The molecule has 2 aliphatic heterocycles. The normalized spacial score (nSPS) is 21.1. The molecular weight excluding hydrogens is 403 g/mol. The predicted molar refractivity (Wildman–Crippen MR) is 124 cm³/mol. The summed E-state index contributed by atoms with van der Waals surface area (Å²) in [5, 5.41) is 0. The van der Waals surface area contributed by atoms with Crippen molar-refractivity contribution in [3.63, 3.8) is 0 Å². The highest BCUT2D eigenvalue weighted by molar-refractivity contribution is 5.81. The Morgan fingerprint density at radius 2 is 1.56 bits per heavy atom. The smallest absolute Gasteiger partial charge is 0.320 e. The van der Waals surface area contributed by atoms with E-state index in [0.717, 1.165) is 44.3 Å². The third kappa shape index (κ3) is 5.56. The Labute approximate surface area is 190 Å². The highest BCUT2D eigenvalue weighted by Crippen LogP contribution is 2.33. The van der Waals surface area contributed by atoms with Crippen LogP contribution in [0.1, 0.15) is 55.2 Å². The molecule has 0 aromatic heterocycles. The summed E-state index contributed by atoms with van der Waals surface area (Å²) in [6.07, 6.45) is 4.81. The maximum Gasteiger partial charge on any atom is 0.320 e. The molecular formula is C27H33FN2O2. The van der Waals surface area contributed by atoms with Crippen LogP contribution < -0.4 is 0 Å². The van der Waals surface area contributed by atoms with E-state index in [4.69, 9.17) is 0 Å². The van der Waals surface area contributed by atoms with Gasteiger partial charge in [-0.3, -0.25) is 4.79 Å². The van der Waals surface area contributed by atoms with Gasteiger partial charge in [-0.2, -0.15) is 0 Å². The van der Waals surface area contributed by atoms with E-state index < -0.39 is 0 Å². The molecule has 0 radical (unpaired) electrons. The molecule has 32 heavy (non-hydrogen) atoms. The number of halogens is 1. The Balaban J connectivity index is 1.47. The second kappa shape index (κ2) is 10.3. The molecule has 2 aromatic carbocycles. The molecule has 0 bridgehead atoms. The quantitative estimate of drug-likeness (QED) is 0.624. The Kier molecular flexibility index (Phi) is 7.23. The summed E-state index contributed by atoms with van der Waals surface area (Å²) >= 11 is 0. The number of ketones is 1. The van der Waals surface area contributed by atoms with Gasteiger partial charge in [0, 0.05) is 44.9 Å². The molecule has 2 fully saturated rings. The molecule has 170 valence electrons. The lowest BCUT2D eigenvalue weighted by molar-refractivity contribution is -0.119. The molecule has 4 nitrogen and oxygen atoms in total. The van der Waals surface area contributed by atoms with E-state index in [0.29, 0.717) is 25.9 Å². The Bertz CT molecular complexity index is 920. The molecule has 0 aliphatic carbocycles. The number of piperidine rings is 1. The molecule has 2 aliphatic rings. The van der Waals surface area contributed by atoms with E-state index in [9.17, 15) is 14.0 Å². The summed E-state index contributed by atoms with van der Waals surface area (Å²) < 4.78 is 13.2. The zero-order valence-electron chi connectivity index (χ0n) is 18.9. The lowest BCUT2D eigenvalue weighted by Gasteiger charge is -2.39. The largest absolute Gasteiger partial charge is 0.325 e. The van der Waals surface area contributed by atoms with Crippen LogP contribution in [0.5, 0.6) is 0 Å². The van der Waals surface area contributed by atoms with Crippen molar-refractivity contribution in [3.05, 3.63) is 71.0 Å². The van der Waals surface area contributed by atoms with Crippen LogP contribution in [-0.4, -0.2) is 47.8 Å². The van der Waals surface area contributed by atoms with Crippen molar-refractivity contribution in [1.29, 1.82) is 0 Å². The fourth-order valence-corrected chi connectivity index (χ4v) is 5.11. The number of benzene rings is 2. The molecule has 2 amide bonds. The summed E-state index contributed by atoms with van der Waals surface area (Å²) in [5.41, 5.74) is 3.39. The van der Waals surface area contributed by atoms with Crippen LogP contribution in [0.3, 0.4) is 0 Å². The molecule has 2 heterocycles. The molecule has 2 saturated heterocycles. The number of hydrogen-bond donors (Lipinski definition) is 0. The first kappa shape index (κ1) is 22.5. The minimum absolute atomic E-state index is 0.119. The Hall–Kier alpha value is -2.69. The summed E-state index contributed by atoms with van der Waals surface area (Å²) in [5.74, 6) is 0.238. The molecule has 0 spiro atoms. The summed E-state index contributed by atoms with van der Waals surface area (Å²) in [7, 11) is 0. The number of amides is 2. The number of hydrogen-bond acceptors (Lipinski definition) is 2. The van der Waals surface area contributed by atoms with Crippen molar-refractivity contribution in [2.75, 3.05) is 26.2 Å². The average molecular weight is 437 g/mol. The van der Waals surface area contributed by atoms with Gasteiger partial charge >= 0.3 is 6.03 Å². The van der Waals surface area contributed by atoms with Gasteiger partial charge in [-0.05, 0) is 60.4 Å². The Morgan fingerprint density at radius 3 is 2.22 bits per heavy atom. The second-order valence-electron chi connectivity index (χ2n) is 9.32. The molecule has 4 rings (SSSR count). The number of Topliss-reactive ketones (excluding diaryl/α,β-unsaturated/α-hetero) is 1. The molecule has 2 unspecified atom stereocenters. The van der Waals surface area contributed by atoms with Gasteiger partial charge in [0.15, 0.2) is 0 Å². The summed E-state index contributed by atoms with van der Waals surface area (Å²) in [4.78, 5) is 29.9. The van der Waals surface area contributed by atoms with E-state index >= 15 is 0 Å². The third-order valence-corrected chi connectivity index (χ3v) is 6.87. The van der Waals surface area contributed by atoms with Crippen molar-refractivity contribution in [1.82, 2.24) is 9.80 Å². The second-order valence-corrected chi connectivity index (χ2v) is 9.32. The zero-order chi connectivity index (χ0) is 22.5. The number of aryl methyl sites for hydroxylation is 1. The van der Waals surface area contributed by atoms with Gasteiger partial charge in [0.2, 0.25) is 0 Å². The third-order valence-electron chi connectivity index (χ3n) is 6.87. The number of carbonyl (C=O) groups is 2. The highest BCUT2D eigenvalue weighted by atomic mass is 19.1. The molecule has 2 aromatic rings. The number of likely N-dealkylation sites (tertiary alicyclic amines) is 2. The van der Waals surface area contributed by atoms with Crippen LogP contribution in [0, 0.1) is 11.7 Å². The van der Waals surface area contributed by atoms with Crippen molar-refractivity contribution in [2.45, 2.75) is 51.4 Å². The first-order valence-electron chi connectivity index (χ1n) is 11.9. The van der Waals surface area contributed by atoms with Crippen molar-refractivity contribution >= 4 is 11.8 Å². The topological polar surface area (TPSA) is 40.6 Å². The van der Waals surface area contributed by atoms with Crippen molar-refractivity contribution in [2.24, 2.45) is 5.92 Å². The van der Waals surface area contributed by atoms with Crippen LogP contribution in [0.4, 0.5) is 9.18 Å². The van der Waals surface area contributed by atoms with E-state index in [1.807, 2.05) is 9.80 Å². The fraction of sp³-hybridized carbons (Fsp3) is 0.481. The van der Waals surface area contributed by atoms with Gasteiger partial charge < -0.3 is 9.80 Å². The maximum atomic E-state index is 13.2. The van der Waals surface area contributed by atoms with Crippen LogP contribution in [0.15, 0.2) is 48.5 Å². The lowest BCUT2D eigenvalue weighted by atomic mass is 9.81. The maximum absolute atomic E-state index is 13.2. The zero-order valence-corrected chi connectivity index (χ0v) is 18.9. The first-order chi connectivity index (χ1) is 15.5. The molecule has 2 atom stereocenters. The number of carbonyl (C=O) groups excluding carboxylic acids is 2. The predicted octanol–water partition coefficient (Wildman–Crippen LogP) is 5.21. The van der Waals surface area contributed by atoms with Gasteiger partial charge in [0.1, 0.15) is 11.6 Å². The standard InChI is InChI=1S/C27H33FN2O2/c1-2-20-5-9-23(10-6-20)24-15-22(17-26(31)16-21-7-11-25(28)12-8-21)18-30(19-24)27(32)29-13-3-4-14-29/h5-12,22,24H,2-4,13-19H2,1H3. The number of urea groups is 1. The van der Waals surface area contributed by atoms with Gasteiger partial charge in [-0.1, -0.05) is 43.3 Å². The van der Waals surface area contributed by atoms with Crippen molar-refractivity contribution in [3.8, 4) is 0 Å². The van der Waals surface area contributed by atoms with E-state index in [-0.39, 0.29) is 29.5 Å². The van der Waals surface area contributed by atoms with Crippen LogP contribution in [0.25, 0.3) is 0 Å². The van der Waals surface area contributed by atoms with Gasteiger partial charge in [-0.25, -0.2) is 9.18 Å². The monoisotopic (exact) mass is 436 g/mol. The summed E-state index contributed by atoms with van der Waals surface area (Å²) in [6.45, 7) is 5.16. The van der Waals surface area contributed by atoms with Crippen molar-refractivity contribution < 1.29 is 14.0 Å². The fourth-order valence-electron chi connectivity index (χ4n) is 5.11. The van der Waals surface area contributed by atoms with Gasteiger partial charge in [0.25, 0.3) is 0 Å². The van der Waals surface area contributed by atoms with E-state index in [1.54, 1.807) is 12.1 Å². The Morgan fingerprint density at radius 1 is 0.906 bits per heavy atom. The minimum atomic E-state index is -0.290. The van der Waals surface area contributed by atoms with Crippen LogP contribution >= 0.6 is 0 Å². The lowest BCUT2D eigenvalue weighted by Crippen LogP contribution is -2.49. The number of nitrogens with zero attached hydrogens (tertiary/aromatic N) is 2. The first-order valence-corrected chi connectivity index (χ1v) is 11.9. The highest BCUT2D eigenvalue weighted by Gasteiger charge is 2.34. The van der Waals surface area contributed by atoms with Crippen LogP contribution in [-0.2, 0) is 17.6 Å². The average Bonchev–Trinajstić information content (AvgIpc) is 3.35. The van der Waals surface area contributed by atoms with E-state index in [1.165, 1.54) is 23.3 Å².